The Morgan fingerprint density at radius 2 is 2.09 bits per heavy atom. The zero-order chi connectivity index (χ0) is 15.5. The van der Waals surface area contributed by atoms with Crippen LogP contribution in [0.25, 0.3) is 0 Å². The van der Waals surface area contributed by atoms with Gasteiger partial charge in [-0.25, -0.2) is 4.39 Å². The fourth-order valence-electron chi connectivity index (χ4n) is 2.87. The van der Waals surface area contributed by atoms with Gasteiger partial charge in [-0.15, -0.1) is 0 Å². The van der Waals surface area contributed by atoms with Crippen molar-refractivity contribution in [3.63, 3.8) is 0 Å². The van der Waals surface area contributed by atoms with Gasteiger partial charge < -0.3 is 10.0 Å². The molecule has 0 saturated carbocycles. The first kappa shape index (κ1) is 14.7. The van der Waals surface area contributed by atoms with Gasteiger partial charge in [-0.2, -0.15) is 0 Å². The number of hydrogen-bond acceptors (Lipinski definition) is 3. The molecule has 1 aliphatic heterocycles. The van der Waals surface area contributed by atoms with Crippen molar-refractivity contribution in [2.75, 3.05) is 6.54 Å². The van der Waals surface area contributed by atoms with Crippen LogP contribution in [0.15, 0.2) is 48.8 Å². The van der Waals surface area contributed by atoms with E-state index in [-0.39, 0.29) is 24.2 Å². The predicted molar refractivity (Wildman–Crippen MR) is 79.4 cm³/mol. The average molecular weight is 300 g/mol. The van der Waals surface area contributed by atoms with Crippen molar-refractivity contribution in [2.24, 2.45) is 0 Å². The molecule has 0 spiro atoms. The summed E-state index contributed by atoms with van der Waals surface area (Å²) in [6.45, 7) is 0.307. The van der Waals surface area contributed by atoms with E-state index in [0.29, 0.717) is 13.0 Å². The minimum absolute atomic E-state index is 0.0566. The van der Waals surface area contributed by atoms with E-state index in [1.807, 2.05) is 6.07 Å². The molecule has 1 fully saturated rings. The van der Waals surface area contributed by atoms with Crippen LogP contribution in [0.2, 0.25) is 0 Å². The second-order valence-corrected chi connectivity index (χ2v) is 5.54. The number of pyridine rings is 1. The van der Waals surface area contributed by atoms with E-state index in [1.54, 1.807) is 35.5 Å². The molecule has 1 aromatic heterocycles. The van der Waals surface area contributed by atoms with Gasteiger partial charge in [0.05, 0.1) is 18.6 Å². The van der Waals surface area contributed by atoms with Crippen LogP contribution in [-0.2, 0) is 11.2 Å². The minimum Gasteiger partial charge on any atom is -0.391 e. The highest BCUT2D eigenvalue weighted by Crippen LogP contribution is 2.32. The lowest BCUT2D eigenvalue weighted by molar-refractivity contribution is -0.131. The molecule has 1 aromatic carbocycles. The lowest BCUT2D eigenvalue weighted by Gasteiger charge is -2.25. The Hall–Kier alpha value is -2.27. The summed E-state index contributed by atoms with van der Waals surface area (Å²) >= 11 is 0. The molecule has 3 rings (SSSR count). The van der Waals surface area contributed by atoms with E-state index in [0.717, 1.165) is 11.1 Å². The third-order valence-corrected chi connectivity index (χ3v) is 3.93. The first-order valence-electron chi connectivity index (χ1n) is 7.25. The van der Waals surface area contributed by atoms with Crippen LogP contribution in [0, 0.1) is 5.82 Å². The summed E-state index contributed by atoms with van der Waals surface area (Å²) in [5.41, 5.74) is 1.68. The van der Waals surface area contributed by atoms with Gasteiger partial charge in [-0.05, 0) is 35.7 Å². The van der Waals surface area contributed by atoms with E-state index in [4.69, 9.17) is 0 Å². The number of aromatic nitrogens is 1. The molecule has 2 aromatic rings. The maximum Gasteiger partial charge on any atom is 0.227 e. The number of aliphatic hydroxyl groups is 1. The van der Waals surface area contributed by atoms with Crippen molar-refractivity contribution < 1.29 is 14.3 Å². The van der Waals surface area contributed by atoms with Crippen LogP contribution in [0.3, 0.4) is 0 Å². The number of benzene rings is 1. The fraction of sp³-hybridized carbons (Fsp3) is 0.294. The van der Waals surface area contributed by atoms with Gasteiger partial charge >= 0.3 is 0 Å². The highest BCUT2D eigenvalue weighted by Gasteiger charge is 2.35. The van der Waals surface area contributed by atoms with Crippen LogP contribution in [0.4, 0.5) is 4.39 Å². The first-order valence-corrected chi connectivity index (χ1v) is 7.25. The molecule has 1 aliphatic rings. The summed E-state index contributed by atoms with van der Waals surface area (Å²) in [5, 5.41) is 9.92. The van der Waals surface area contributed by atoms with Crippen LogP contribution >= 0.6 is 0 Å². The fourth-order valence-corrected chi connectivity index (χ4v) is 2.87. The molecule has 5 heteroatoms. The van der Waals surface area contributed by atoms with Gasteiger partial charge in [0.25, 0.3) is 0 Å². The summed E-state index contributed by atoms with van der Waals surface area (Å²) in [4.78, 5) is 18.2. The largest absolute Gasteiger partial charge is 0.391 e. The molecule has 0 unspecified atom stereocenters. The van der Waals surface area contributed by atoms with Gasteiger partial charge in [0.2, 0.25) is 5.91 Å². The van der Waals surface area contributed by atoms with Crippen LogP contribution < -0.4 is 0 Å². The van der Waals surface area contributed by atoms with E-state index < -0.39 is 6.10 Å². The SMILES string of the molecule is O=C(Cc1cccnc1)N1C[C@@H](O)C[C@@H]1c1ccc(F)cc1. The Morgan fingerprint density at radius 1 is 1.32 bits per heavy atom. The van der Waals surface area contributed by atoms with E-state index in [9.17, 15) is 14.3 Å². The summed E-state index contributed by atoms with van der Waals surface area (Å²) in [6, 6.07) is 9.53. The van der Waals surface area contributed by atoms with Gasteiger partial charge in [0.15, 0.2) is 0 Å². The third-order valence-electron chi connectivity index (χ3n) is 3.93. The molecule has 22 heavy (non-hydrogen) atoms. The zero-order valence-corrected chi connectivity index (χ0v) is 12.0. The number of rotatable bonds is 3. The molecule has 1 N–H and O–H groups in total. The Bertz CT molecular complexity index is 645. The maximum atomic E-state index is 13.1. The quantitative estimate of drug-likeness (QED) is 0.944. The topological polar surface area (TPSA) is 53.4 Å². The van der Waals surface area contributed by atoms with Crippen LogP contribution in [0.1, 0.15) is 23.6 Å². The second kappa shape index (κ2) is 6.23. The minimum atomic E-state index is -0.548. The van der Waals surface area contributed by atoms with Crippen molar-refractivity contribution in [2.45, 2.75) is 25.0 Å². The smallest absolute Gasteiger partial charge is 0.227 e. The van der Waals surface area contributed by atoms with E-state index >= 15 is 0 Å². The maximum absolute atomic E-state index is 13.1. The number of likely N-dealkylation sites (tertiary alicyclic amines) is 1. The Morgan fingerprint density at radius 3 is 2.77 bits per heavy atom. The van der Waals surface area contributed by atoms with E-state index in [1.165, 1.54) is 12.1 Å². The lowest BCUT2D eigenvalue weighted by Crippen LogP contribution is -2.33. The summed E-state index contributed by atoms with van der Waals surface area (Å²) in [7, 11) is 0. The zero-order valence-electron chi connectivity index (χ0n) is 12.0. The standard InChI is InChI=1S/C17H17FN2O2/c18-14-5-3-13(4-6-14)16-9-15(21)11-20(16)17(22)8-12-2-1-7-19-10-12/h1-7,10,15-16,21H,8-9,11H2/t15-,16+/m0/s1. The molecular weight excluding hydrogens is 283 g/mol. The van der Waals surface area contributed by atoms with Crippen molar-refractivity contribution in [3.05, 3.63) is 65.7 Å². The number of aliphatic hydroxyl groups excluding tert-OH is 1. The van der Waals surface area contributed by atoms with Crippen molar-refractivity contribution >= 4 is 5.91 Å². The first-order chi connectivity index (χ1) is 10.6. The number of carbonyl (C=O) groups excluding carboxylic acids is 1. The van der Waals surface area contributed by atoms with Gasteiger partial charge in [0.1, 0.15) is 5.82 Å². The molecule has 4 nitrogen and oxygen atoms in total. The Kier molecular flexibility index (Phi) is 4.15. The number of nitrogens with zero attached hydrogens (tertiary/aromatic N) is 2. The average Bonchev–Trinajstić information content (AvgIpc) is 2.91. The van der Waals surface area contributed by atoms with Gasteiger partial charge in [0, 0.05) is 18.9 Å². The number of amides is 1. The molecular formula is C17H17FN2O2. The van der Waals surface area contributed by atoms with Crippen LogP contribution in [0.5, 0.6) is 0 Å². The Labute approximate surface area is 128 Å². The normalized spacial score (nSPS) is 21.1. The molecule has 2 atom stereocenters. The third kappa shape index (κ3) is 3.14. The molecule has 114 valence electrons. The molecule has 0 radical (unpaired) electrons. The van der Waals surface area contributed by atoms with Crippen molar-refractivity contribution in [1.82, 2.24) is 9.88 Å². The molecule has 1 saturated heterocycles. The van der Waals surface area contributed by atoms with Crippen LogP contribution in [-0.4, -0.2) is 33.5 Å². The molecule has 2 heterocycles. The molecule has 0 bridgehead atoms. The number of β-amino-alcohol motifs (C(OH)–C–C–N with tert-alkyl or cyclic N) is 1. The highest BCUT2D eigenvalue weighted by atomic mass is 19.1. The lowest BCUT2D eigenvalue weighted by atomic mass is 10.0. The summed E-state index contributed by atoms with van der Waals surface area (Å²) in [5.74, 6) is -0.366. The number of carbonyl (C=O) groups is 1. The number of halogens is 1. The molecule has 0 aliphatic carbocycles. The molecule has 1 amide bonds. The Balaban J connectivity index is 1.78. The monoisotopic (exact) mass is 300 g/mol. The van der Waals surface area contributed by atoms with E-state index in [2.05, 4.69) is 4.98 Å². The van der Waals surface area contributed by atoms with Gasteiger partial charge in [-0.3, -0.25) is 9.78 Å². The van der Waals surface area contributed by atoms with Crippen molar-refractivity contribution in [3.8, 4) is 0 Å². The van der Waals surface area contributed by atoms with Gasteiger partial charge in [-0.1, -0.05) is 18.2 Å². The highest BCUT2D eigenvalue weighted by molar-refractivity contribution is 5.79. The summed E-state index contributed by atoms with van der Waals surface area (Å²) in [6.07, 6.45) is 3.50. The summed E-state index contributed by atoms with van der Waals surface area (Å²) < 4.78 is 13.1. The number of hydrogen-bond donors (Lipinski definition) is 1. The van der Waals surface area contributed by atoms with Crippen molar-refractivity contribution in [1.29, 1.82) is 0 Å². The predicted octanol–water partition coefficient (Wildman–Crippen LogP) is 2.10. The second-order valence-electron chi connectivity index (χ2n) is 5.54.